The van der Waals surface area contributed by atoms with E-state index < -0.39 is 17.8 Å². The number of ether oxygens (including phenoxy) is 2. The number of hydrogen-bond acceptors (Lipinski definition) is 7. The van der Waals surface area contributed by atoms with Gasteiger partial charge in [-0.15, -0.1) is 0 Å². The highest BCUT2D eigenvalue weighted by atomic mass is 16.6. The molecule has 3 aromatic carbocycles. The molecule has 0 aliphatic carbocycles. The van der Waals surface area contributed by atoms with Crippen LogP contribution in [0.2, 0.25) is 0 Å². The highest BCUT2D eigenvalue weighted by Gasteiger charge is 2.55. The third kappa shape index (κ3) is 5.30. The fourth-order valence-corrected chi connectivity index (χ4v) is 7.90. The highest BCUT2D eigenvalue weighted by molar-refractivity contribution is 5.99. The van der Waals surface area contributed by atoms with Crippen LogP contribution in [-0.4, -0.2) is 90.5 Å². The number of carbonyl (C=O) groups is 3. The first-order valence-corrected chi connectivity index (χ1v) is 16.9. The summed E-state index contributed by atoms with van der Waals surface area (Å²) in [6, 6.07) is 16.1. The topological polar surface area (TPSA) is 123 Å². The SMILES string of the molecule is CC(C)(C)c1ccc2c(c1C(C)(C)C)C(=O)OC21c2ccc(N3CCN(C(=O)O)CC3)cc2Oc2cc(N3CCN(C(=O)O)CC3)ccc21. The van der Waals surface area contributed by atoms with E-state index in [0.717, 1.165) is 39.2 Å². The van der Waals surface area contributed by atoms with Crippen LogP contribution in [0, 0.1) is 0 Å². The average Bonchev–Trinajstić information content (AvgIpc) is 3.35. The molecule has 4 aliphatic rings. The van der Waals surface area contributed by atoms with Crippen molar-refractivity contribution < 1.29 is 34.1 Å². The van der Waals surface area contributed by atoms with Gasteiger partial charge in [-0.3, -0.25) is 0 Å². The molecule has 0 atom stereocenters. The van der Waals surface area contributed by atoms with Gasteiger partial charge in [0.15, 0.2) is 5.60 Å². The van der Waals surface area contributed by atoms with Gasteiger partial charge in [0.1, 0.15) is 11.5 Å². The lowest BCUT2D eigenvalue weighted by atomic mass is 9.69. The van der Waals surface area contributed by atoms with Crippen LogP contribution >= 0.6 is 0 Å². The zero-order valence-electron chi connectivity index (χ0n) is 29.0. The number of benzene rings is 3. The molecule has 11 heteroatoms. The van der Waals surface area contributed by atoms with Crippen LogP contribution < -0.4 is 14.5 Å². The Hall–Kier alpha value is -4.93. The van der Waals surface area contributed by atoms with Crippen molar-refractivity contribution in [2.24, 2.45) is 0 Å². The van der Waals surface area contributed by atoms with E-state index in [1.165, 1.54) is 9.80 Å². The number of esters is 1. The molecule has 3 aromatic rings. The van der Waals surface area contributed by atoms with Gasteiger partial charge < -0.3 is 39.3 Å². The zero-order chi connectivity index (χ0) is 35.0. The Bertz CT molecular complexity index is 1780. The molecule has 2 N–H and O–H groups in total. The molecule has 2 saturated heterocycles. The molecule has 1 spiro atoms. The monoisotopic (exact) mass is 668 g/mol. The van der Waals surface area contributed by atoms with Gasteiger partial charge in [0.25, 0.3) is 0 Å². The number of rotatable bonds is 2. The Balaban J connectivity index is 1.38. The minimum atomic E-state index is -1.26. The molecule has 11 nitrogen and oxygen atoms in total. The van der Waals surface area contributed by atoms with Gasteiger partial charge in [-0.1, -0.05) is 53.7 Å². The van der Waals surface area contributed by atoms with Crippen molar-refractivity contribution in [3.8, 4) is 11.5 Å². The van der Waals surface area contributed by atoms with Crippen molar-refractivity contribution in [1.29, 1.82) is 0 Å². The van der Waals surface area contributed by atoms with Crippen LogP contribution in [0.15, 0.2) is 48.5 Å². The van der Waals surface area contributed by atoms with E-state index in [2.05, 4.69) is 57.4 Å². The molecule has 0 aromatic heterocycles. The predicted octanol–water partition coefficient (Wildman–Crippen LogP) is 6.45. The van der Waals surface area contributed by atoms with Crippen LogP contribution in [0.25, 0.3) is 0 Å². The first kappa shape index (κ1) is 32.6. The molecular formula is C38H44N4O7. The maximum absolute atomic E-state index is 14.3. The fourth-order valence-electron chi connectivity index (χ4n) is 7.90. The normalized spacial score (nSPS) is 18.4. The minimum absolute atomic E-state index is 0.210. The van der Waals surface area contributed by atoms with Crippen molar-refractivity contribution in [1.82, 2.24) is 9.80 Å². The molecule has 4 aliphatic heterocycles. The zero-order valence-corrected chi connectivity index (χ0v) is 29.0. The predicted molar refractivity (Wildman–Crippen MR) is 186 cm³/mol. The minimum Gasteiger partial charge on any atom is -0.465 e. The van der Waals surface area contributed by atoms with Gasteiger partial charge in [-0.25, -0.2) is 14.4 Å². The van der Waals surface area contributed by atoms with E-state index in [0.29, 0.717) is 69.4 Å². The number of fused-ring (bicyclic) bond motifs is 6. The Labute approximate surface area is 286 Å². The molecule has 0 bridgehead atoms. The van der Waals surface area contributed by atoms with Crippen LogP contribution in [0.5, 0.6) is 11.5 Å². The second kappa shape index (κ2) is 11.3. The molecule has 2 amide bonds. The first-order chi connectivity index (χ1) is 23.1. The molecule has 2 fully saturated rings. The number of carboxylic acid groups (broad SMARTS) is 2. The largest absolute Gasteiger partial charge is 0.465 e. The van der Waals surface area contributed by atoms with Gasteiger partial charge in [0.2, 0.25) is 0 Å². The summed E-state index contributed by atoms with van der Waals surface area (Å²) in [5.74, 6) is 0.764. The number of carbonyl (C=O) groups excluding carboxylic acids is 1. The smallest absolute Gasteiger partial charge is 0.407 e. The van der Waals surface area contributed by atoms with Gasteiger partial charge in [-0.2, -0.15) is 0 Å². The van der Waals surface area contributed by atoms with Crippen molar-refractivity contribution in [2.75, 3.05) is 62.2 Å². The van der Waals surface area contributed by atoms with E-state index in [-0.39, 0.29) is 16.8 Å². The molecule has 7 rings (SSSR count). The first-order valence-electron chi connectivity index (χ1n) is 16.9. The van der Waals surface area contributed by atoms with E-state index in [4.69, 9.17) is 9.47 Å². The van der Waals surface area contributed by atoms with Crippen molar-refractivity contribution in [2.45, 2.75) is 58.0 Å². The molecule has 0 radical (unpaired) electrons. The summed E-state index contributed by atoms with van der Waals surface area (Å²) in [7, 11) is 0. The van der Waals surface area contributed by atoms with Gasteiger partial charge >= 0.3 is 18.2 Å². The molecule has 49 heavy (non-hydrogen) atoms. The summed E-state index contributed by atoms with van der Waals surface area (Å²) in [6.07, 6.45) is -1.84. The number of amides is 2. The van der Waals surface area contributed by atoms with Crippen LogP contribution in [0.1, 0.15) is 79.7 Å². The van der Waals surface area contributed by atoms with Gasteiger partial charge in [-0.05, 0) is 46.2 Å². The molecule has 0 saturated carbocycles. The highest BCUT2D eigenvalue weighted by Crippen LogP contribution is 2.58. The summed E-state index contributed by atoms with van der Waals surface area (Å²) < 4.78 is 13.4. The van der Waals surface area contributed by atoms with E-state index in [9.17, 15) is 24.6 Å². The summed E-state index contributed by atoms with van der Waals surface area (Å²) in [5.41, 5.74) is 4.90. The second-order valence-corrected chi connectivity index (χ2v) is 15.5. The summed E-state index contributed by atoms with van der Waals surface area (Å²) in [4.78, 5) is 44.5. The molecule has 0 unspecified atom stereocenters. The summed E-state index contributed by atoms with van der Waals surface area (Å²) >= 11 is 0. The summed E-state index contributed by atoms with van der Waals surface area (Å²) in [5, 5.41) is 18.9. The van der Waals surface area contributed by atoms with Crippen LogP contribution in [-0.2, 0) is 21.2 Å². The molecular weight excluding hydrogens is 624 g/mol. The summed E-state index contributed by atoms with van der Waals surface area (Å²) in [6.45, 7) is 16.7. The molecule has 258 valence electrons. The number of nitrogens with zero attached hydrogens (tertiary/aromatic N) is 4. The Morgan fingerprint density at radius 3 is 1.51 bits per heavy atom. The van der Waals surface area contributed by atoms with Crippen molar-refractivity contribution in [3.05, 3.63) is 81.9 Å². The lowest BCUT2D eigenvalue weighted by Crippen LogP contribution is -2.48. The fraction of sp³-hybridized carbons (Fsp3) is 0.447. The maximum Gasteiger partial charge on any atom is 0.407 e. The van der Waals surface area contributed by atoms with E-state index in [1.807, 2.05) is 42.5 Å². The van der Waals surface area contributed by atoms with Crippen LogP contribution in [0.4, 0.5) is 21.0 Å². The average molecular weight is 669 g/mol. The maximum atomic E-state index is 14.3. The van der Waals surface area contributed by atoms with Crippen molar-refractivity contribution >= 4 is 29.5 Å². The number of piperazine rings is 2. The quantitative estimate of drug-likeness (QED) is 0.297. The number of hydrogen-bond donors (Lipinski definition) is 2. The Morgan fingerprint density at radius 1 is 0.653 bits per heavy atom. The van der Waals surface area contributed by atoms with Gasteiger partial charge in [0, 0.05) is 92.6 Å². The standard InChI is InChI=1S/C38H44N4O7/c1-36(2,3)28-12-11-27-31(32(28)37(4,5)6)33(43)49-38(27)25-9-7-23(39-13-17-41(18-14-39)34(44)45)21-29(25)48-30-22-24(8-10-26(30)38)40-15-19-42(20-16-40)35(46)47/h7-12,21-22H,13-20H2,1-6H3,(H,44,45)(H,46,47). The lowest BCUT2D eigenvalue weighted by molar-refractivity contribution is 0.0223. The lowest BCUT2D eigenvalue weighted by Gasteiger charge is -2.40. The Kier molecular flexibility index (Phi) is 7.53. The van der Waals surface area contributed by atoms with Crippen LogP contribution in [0.3, 0.4) is 0 Å². The third-order valence-electron chi connectivity index (χ3n) is 10.3. The van der Waals surface area contributed by atoms with Crippen molar-refractivity contribution in [3.63, 3.8) is 0 Å². The third-order valence-corrected chi connectivity index (χ3v) is 10.3. The Morgan fingerprint density at radius 2 is 1.10 bits per heavy atom. The van der Waals surface area contributed by atoms with Gasteiger partial charge in [0.05, 0.1) is 5.56 Å². The van der Waals surface area contributed by atoms with E-state index >= 15 is 0 Å². The second-order valence-electron chi connectivity index (χ2n) is 15.5. The number of anilines is 2. The van der Waals surface area contributed by atoms with E-state index in [1.54, 1.807) is 0 Å². The molecule has 4 heterocycles.